The summed E-state index contributed by atoms with van der Waals surface area (Å²) in [4.78, 5) is 28.6. The molecule has 1 aliphatic rings. The van der Waals surface area contributed by atoms with Crippen LogP contribution in [0.25, 0.3) is 11.1 Å². The minimum Gasteiger partial charge on any atom is -0.440 e. The van der Waals surface area contributed by atoms with Crippen LogP contribution in [-0.2, 0) is 4.79 Å². The summed E-state index contributed by atoms with van der Waals surface area (Å²) in [6.07, 6.45) is 2.34. The van der Waals surface area contributed by atoms with Crippen molar-refractivity contribution in [3.63, 3.8) is 0 Å². The molecule has 0 unspecified atom stereocenters. The first-order valence-electron chi connectivity index (χ1n) is 8.57. The zero-order valence-corrected chi connectivity index (χ0v) is 14.0. The number of rotatable bonds is 6. The normalized spacial score (nSPS) is 13.7. The predicted molar refractivity (Wildman–Crippen MR) is 94.6 cm³/mol. The SMILES string of the molecule is O=C(CCC(=O)c1ccc(F)cc1)Nc1ccc2oc(C3CC3)nc2c1. The van der Waals surface area contributed by atoms with Crippen LogP contribution in [0.4, 0.5) is 10.1 Å². The van der Waals surface area contributed by atoms with E-state index in [-0.39, 0.29) is 24.5 Å². The van der Waals surface area contributed by atoms with E-state index >= 15 is 0 Å². The lowest BCUT2D eigenvalue weighted by atomic mass is 10.1. The zero-order chi connectivity index (χ0) is 18.1. The highest BCUT2D eigenvalue weighted by Gasteiger charge is 2.28. The lowest BCUT2D eigenvalue weighted by Crippen LogP contribution is -2.13. The van der Waals surface area contributed by atoms with Crippen LogP contribution in [0, 0.1) is 5.82 Å². The van der Waals surface area contributed by atoms with Crippen molar-refractivity contribution in [3.8, 4) is 0 Å². The van der Waals surface area contributed by atoms with Crippen molar-refractivity contribution in [1.29, 1.82) is 0 Å². The van der Waals surface area contributed by atoms with Gasteiger partial charge in [0.15, 0.2) is 17.3 Å². The Morgan fingerprint density at radius 1 is 1.12 bits per heavy atom. The van der Waals surface area contributed by atoms with Crippen LogP contribution in [0.15, 0.2) is 46.9 Å². The van der Waals surface area contributed by atoms with E-state index in [0.29, 0.717) is 28.3 Å². The van der Waals surface area contributed by atoms with Crippen molar-refractivity contribution >= 4 is 28.5 Å². The van der Waals surface area contributed by atoms with E-state index in [9.17, 15) is 14.0 Å². The number of anilines is 1. The summed E-state index contributed by atoms with van der Waals surface area (Å²) in [6.45, 7) is 0. The number of aromatic nitrogens is 1. The molecule has 1 fully saturated rings. The maximum Gasteiger partial charge on any atom is 0.224 e. The summed E-state index contributed by atoms with van der Waals surface area (Å²) in [5, 5.41) is 2.77. The first kappa shape index (κ1) is 16.4. The van der Waals surface area contributed by atoms with Crippen LogP contribution in [0.3, 0.4) is 0 Å². The maximum absolute atomic E-state index is 12.9. The van der Waals surface area contributed by atoms with Gasteiger partial charge in [-0.25, -0.2) is 9.37 Å². The minimum absolute atomic E-state index is 0.0559. The molecule has 4 rings (SSSR count). The Labute approximate surface area is 149 Å². The molecule has 1 aliphatic carbocycles. The van der Waals surface area contributed by atoms with Gasteiger partial charge < -0.3 is 9.73 Å². The number of nitrogens with zero attached hydrogens (tertiary/aromatic N) is 1. The molecule has 0 aliphatic heterocycles. The Balaban J connectivity index is 1.36. The number of hydrogen-bond acceptors (Lipinski definition) is 4. The van der Waals surface area contributed by atoms with Crippen molar-refractivity contribution in [3.05, 3.63) is 59.7 Å². The van der Waals surface area contributed by atoms with E-state index in [0.717, 1.165) is 18.7 Å². The number of fused-ring (bicyclic) bond motifs is 1. The fourth-order valence-corrected chi connectivity index (χ4v) is 2.76. The highest BCUT2D eigenvalue weighted by atomic mass is 19.1. The maximum atomic E-state index is 12.9. The number of Topliss-reactive ketones (excluding diaryl/α,β-unsaturated/α-hetero) is 1. The van der Waals surface area contributed by atoms with Gasteiger partial charge >= 0.3 is 0 Å². The number of carbonyl (C=O) groups is 2. The van der Waals surface area contributed by atoms with E-state index < -0.39 is 5.82 Å². The van der Waals surface area contributed by atoms with Crippen molar-refractivity contribution in [1.82, 2.24) is 4.98 Å². The molecule has 1 saturated carbocycles. The van der Waals surface area contributed by atoms with Gasteiger partial charge in [-0.05, 0) is 55.3 Å². The Bertz CT molecular complexity index is 974. The number of oxazole rings is 1. The molecule has 1 N–H and O–H groups in total. The molecule has 5 nitrogen and oxygen atoms in total. The summed E-state index contributed by atoms with van der Waals surface area (Å²) < 4.78 is 18.6. The van der Waals surface area contributed by atoms with Gasteiger partial charge in [-0.1, -0.05) is 0 Å². The van der Waals surface area contributed by atoms with Crippen molar-refractivity contribution in [2.24, 2.45) is 0 Å². The molecule has 6 heteroatoms. The van der Waals surface area contributed by atoms with Crippen molar-refractivity contribution in [2.75, 3.05) is 5.32 Å². The lowest BCUT2D eigenvalue weighted by molar-refractivity contribution is -0.116. The number of benzene rings is 2. The fraction of sp³-hybridized carbons (Fsp3) is 0.250. The molecule has 0 radical (unpaired) electrons. The summed E-state index contributed by atoms with van der Waals surface area (Å²) in [5.41, 5.74) is 2.44. The number of carbonyl (C=O) groups excluding carboxylic acids is 2. The molecule has 1 heterocycles. The van der Waals surface area contributed by atoms with Gasteiger partial charge in [-0.3, -0.25) is 9.59 Å². The average Bonchev–Trinajstić information content (AvgIpc) is 3.40. The quantitative estimate of drug-likeness (QED) is 0.666. The van der Waals surface area contributed by atoms with E-state index in [1.54, 1.807) is 18.2 Å². The molecule has 0 spiro atoms. The van der Waals surface area contributed by atoms with Gasteiger partial charge in [0.25, 0.3) is 0 Å². The van der Waals surface area contributed by atoms with Gasteiger partial charge in [-0.2, -0.15) is 0 Å². The van der Waals surface area contributed by atoms with Crippen molar-refractivity contribution in [2.45, 2.75) is 31.6 Å². The van der Waals surface area contributed by atoms with Gasteiger partial charge in [-0.15, -0.1) is 0 Å². The molecule has 2 aromatic carbocycles. The van der Waals surface area contributed by atoms with Gasteiger partial charge in [0.05, 0.1) is 0 Å². The lowest BCUT2D eigenvalue weighted by Gasteiger charge is -2.05. The Hall–Kier alpha value is -3.02. The summed E-state index contributed by atoms with van der Waals surface area (Å²) in [6, 6.07) is 10.6. The van der Waals surface area contributed by atoms with Crippen molar-refractivity contribution < 1.29 is 18.4 Å². The van der Waals surface area contributed by atoms with Gasteiger partial charge in [0.2, 0.25) is 5.91 Å². The summed E-state index contributed by atoms with van der Waals surface area (Å²) in [7, 11) is 0. The molecule has 1 amide bonds. The minimum atomic E-state index is -0.396. The third kappa shape index (κ3) is 3.64. The molecule has 0 atom stereocenters. The van der Waals surface area contributed by atoms with Gasteiger partial charge in [0, 0.05) is 30.0 Å². The summed E-state index contributed by atoms with van der Waals surface area (Å²) >= 11 is 0. The molecule has 0 bridgehead atoms. The fourth-order valence-electron chi connectivity index (χ4n) is 2.76. The smallest absolute Gasteiger partial charge is 0.224 e. The Morgan fingerprint density at radius 3 is 2.62 bits per heavy atom. The van der Waals surface area contributed by atoms with Crippen LogP contribution in [-0.4, -0.2) is 16.7 Å². The summed E-state index contributed by atoms with van der Waals surface area (Å²) in [5.74, 6) is 0.338. The zero-order valence-electron chi connectivity index (χ0n) is 14.0. The third-order valence-corrected chi connectivity index (χ3v) is 4.36. The number of nitrogens with one attached hydrogen (secondary N) is 1. The molecule has 3 aromatic rings. The second kappa shape index (κ2) is 6.71. The highest BCUT2D eigenvalue weighted by molar-refractivity contribution is 6.00. The monoisotopic (exact) mass is 352 g/mol. The first-order chi connectivity index (χ1) is 12.6. The highest BCUT2D eigenvalue weighted by Crippen LogP contribution is 2.40. The van der Waals surface area contributed by atoms with Crippen LogP contribution in [0.5, 0.6) is 0 Å². The third-order valence-electron chi connectivity index (χ3n) is 4.36. The van der Waals surface area contributed by atoms with E-state index in [4.69, 9.17) is 4.42 Å². The van der Waals surface area contributed by atoms with E-state index in [2.05, 4.69) is 10.3 Å². The Kier molecular flexibility index (Phi) is 4.24. The number of amides is 1. The van der Waals surface area contributed by atoms with Crippen LogP contribution in [0.1, 0.15) is 47.8 Å². The molecule has 0 saturated heterocycles. The molecule has 1 aromatic heterocycles. The molecular formula is C20H17FN2O3. The van der Waals surface area contributed by atoms with Crippen LogP contribution in [0.2, 0.25) is 0 Å². The second-order valence-electron chi connectivity index (χ2n) is 6.49. The first-order valence-corrected chi connectivity index (χ1v) is 8.57. The molecular weight excluding hydrogens is 335 g/mol. The molecule has 26 heavy (non-hydrogen) atoms. The standard InChI is InChI=1S/C20H17FN2O3/c21-14-5-3-12(4-6-14)17(24)8-10-19(25)22-15-7-9-18-16(11-15)23-20(26-18)13-1-2-13/h3-7,9,11,13H,1-2,8,10H2,(H,22,25). The predicted octanol–water partition coefficient (Wildman–Crippen LogP) is 4.45. The number of halogens is 1. The Morgan fingerprint density at radius 2 is 1.88 bits per heavy atom. The van der Waals surface area contributed by atoms with Crippen LogP contribution >= 0.6 is 0 Å². The largest absolute Gasteiger partial charge is 0.440 e. The van der Waals surface area contributed by atoms with E-state index in [1.807, 2.05) is 0 Å². The second-order valence-corrected chi connectivity index (χ2v) is 6.49. The number of hydrogen-bond donors (Lipinski definition) is 1. The van der Waals surface area contributed by atoms with Gasteiger partial charge in [0.1, 0.15) is 11.3 Å². The van der Waals surface area contributed by atoms with Crippen LogP contribution < -0.4 is 5.32 Å². The topological polar surface area (TPSA) is 72.2 Å². The molecule has 132 valence electrons. The average molecular weight is 352 g/mol. The number of ketones is 1. The van der Waals surface area contributed by atoms with E-state index in [1.165, 1.54) is 24.3 Å².